The predicted octanol–water partition coefficient (Wildman–Crippen LogP) is 1.24. The lowest BCUT2D eigenvalue weighted by Gasteiger charge is -2.43. The fraction of sp³-hybridized carbons (Fsp3) is 0.571. The van der Waals surface area contributed by atoms with Gasteiger partial charge < -0.3 is 20.1 Å². The molecule has 5 heteroatoms. The van der Waals surface area contributed by atoms with Crippen molar-refractivity contribution in [3.8, 4) is 5.75 Å². The summed E-state index contributed by atoms with van der Waals surface area (Å²) in [5.74, 6) is -0.0499. The number of hydrogen-bond donors (Lipinski definition) is 1. The minimum Gasteiger partial charge on any atom is -0.494 e. The molecule has 1 saturated heterocycles. The monoisotopic (exact) mass is 268 g/mol. The highest BCUT2D eigenvalue weighted by atomic mass is 19.1. The molecule has 19 heavy (non-hydrogen) atoms. The van der Waals surface area contributed by atoms with Crippen LogP contribution in [0.3, 0.4) is 0 Å². The Kier molecular flexibility index (Phi) is 4.39. The van der Waals surface area contributed by atoms with Crippen molar-refractivity contribution in [3.05, 3.63) is 29.6 Å². The van der Waals surface area contributed by atoms with E-state index >= 15 is 0 Å². The first-order valence-electron chi connectivity index (χ1n) is 6.37. The number of halogens is 1. The maximum absolute atomic E-state index is 13.6. The number of nitrogens with zero attached hydrogens (tertiary/aromatic N) is 1. The second-order valence-electron chi connectivity index (χ2n) is 5.34. The van der Waals surface area contributed by atoms with Gasteiger partial charge in [-0.1, -0.05) is 6.07 Å². The standard InChI is InChI=1S/C14H21FN2O2/c1-17(8-14(7-16)9-19-10-14)6-11-3-4-13(18-2)12(15)5-11/h3-5H,6-10,16H2,1-2H3. The molecule has 4 nitrogen and oxygen atoms in total. The first-order valence-corrected chi connectivity index (χ1v) is 6.37. The molecule has 106 valence electrons. The van der Waals surface area contributed by atoms with Crippen LogP contribution in [0.4, 0.5) is 4.39 Å². The highest BCUT2D eigenvalue weighted by Gasteiger charge is 2.38. The molecule has 1 heterocycles. The molecule has 0 amide bonds. The first kappa shape index (κ1) is 14.2. The summed E-state index contributed by atoms with van der Waals surface area (Å²) in [7, 11) is 3.48. The lowest BCUT2D eigenvalue weighted by Crippen LogP contribution is -2.54. The molecule has 2 N–H and O–H groups in total. The van der Waals surface area contributed by atoms with Gasteiger partial charge in [0, 0.05) is 25.0 Å². The average Bonchev–Trinajstić information content (AvgIpc) is 2.34. The van der Waals surface area contributed by atoms with Crippen molar-refractivity contribution in [3.63, 3.8) is 0 Å². The van der Waals surface area contributed by atoms with Gasteiger partial charge in [-0.05, 0) is 24.7 Å². The third kappa shape index (κ3) is 3.23. The Hall–Kier alpha value is -1.17. The van der Waals surface area contributed by atoms with Crippen LogP contribution in [0, 0.1) is 11.2 Å². The zero-order valence-corrected chi connectivity index (χ0v) is 11.5. The molecule has 2 rings (SSSR count). The molecule has 0 aliphatic carbocycles. The Labute approximate surface area is 113 Å². The van der Waals surface area contributed by atoms with E-state index in [1.54, 1.807) is 6.07 Å². The number of methoxy groups -OCH3 is 1. The fourth-order valence-corrected chi connectivity index (χ4v) is 2.41. The van der Waals surface area contributed by atoms with E-state index in [0.29, 0.717) is 26.3 Å². The van der Waals surface area contributed by atoms with E-state index in [4.69, 9.17) is 15.2 Å². The summed E-state index contributed by atoms with van der Waals surface area (Å²) < 4.78 is 23.8. The van der Waals surface area contributed by atoms with Crippen LogP contribution in [0.2, 0.25) is 0 Å². The minimum atomic E-state index is -0.325. The summed E-state index contributed by atoms with van der Waals surface area (Å²) in [6.07, 6.45) is 0. The lowest BCUT2D eigenvalue weighted by atomic mass is 9.85. The molecule has 1 aliphatic heterocycles. The van der Waals surface area contributed by atoms with Gasteiger partial charge in [-0.2, -0.15) is 0 Å². The van der Waals surface area contributed by atoms with Crippen molar-refractivity contribution in [2.24, 2.45) is 11.1 Å². The van der Waals surface area contributed by atoms with Gasteiger partial charge in [-0.3, -0.25) is 0 Å². The van der Waals surface area contributed by atoms with Gasteiger partial charge in [0.25, 0.3) is 0 Å². The quantitative estimate of drug-likeness (QED) is 0.843. The van der Waals surface area contributed by atoms with Gasteiger partial charge in [-0.15, -0.1) is 0 Å². The highest BCUT2D eigenvalue weighted by Crippen LogP contribution is 2.27. The molecule has 0 unspecified atom stereocenters. The molecule has 1 fully saturated rings. The van der Waals surface area contributed by atoms with E-state index in [9.17, 15) is 4.39 Å². The van der Waals surface area contributed by atoms with Crippen LogP contribution < -0.4 is 10.5 Å². The van der Waals surface area contributed by atoms with Crippen molar-refractivity contribution >= 4 is 0 Å². The van der Waals surface area contributed by atoms with Crippen molar-refractivity contribution < 1.29 is 13.9 Å². The molecule has 0 saturated carbocycles. The largest absolute Gasteiger partial charge is 0.494 e. The number of benzene rings is 1. The van der Waals surface area contributed by atoms with Crippen molar-refractivity contribution in [1.29, 1.82) is 0 Å². The van der Waals surface area contributed by atoms with E-state index in [-0.39, 0.29) is 17.0 Å². The predicted molar refractivity (Wildman–Crippen MR) is 71.6 cm³/mol. The summed E-state index contributed by atoms with van der Waals surface area (Å²) in [6, 6.07) is 5.05. The van der Waals surface area contributed by atoms with E-state index in [2.05, 4.69) is 4.90 Å². The molecule has 0 atom stereocenters. The molecular formula is C14H21FN2O2. The van der Waals surface area contributed by atoms with Crippen molar-refractivity contribution in [1.82, 2.24) is 4.90 Å². The average molecular weight is 268 g/mol. The lowest BCUT2D eigenvalue weighted by molar-refractivity contribution is -0.118. The summed E-state index contributed by atoms with van der Waals surface area (Å²) in [5, 5.41) is 0. The highest BCUT2D eigenvalue weighted by molar-refractivity contribution is 5.29. The molecule has 1 aromatic rings. The Morgan fingerprint density at radius 3 is 2.68 bits per heavy atom. The van der Waals surface area contributed by atoms with Crippen molar-refractivity contribution in [2.45, 2.75) is 6.54 Å². The van der Waals surface area contributed by atoms with Crippen LogP contribution >= 0.6 is 0 Å². The number of rotatable bonds is 6. The second kappa shape index (κ2) is 5.86. The van der Waals surface area contributed by atoms with Gasteiger partial charge in [0.1, 0.15) is 0 Å². The number of hydrogen-bond acceptors (Lipinski definition) is 4. The normalized spacial score (nSPS) is 17.3. The van der Waals surface area contributed by atoms with Crippen LogP contribution in [-0.4, -0.2) is 45.4 Å². The van der Waals surface area contributed by atoms with Gasteiger partial charge >= 0.3 is 0 Å². The molecule has 1 aromatic carbocycles. The van der Waals surface area contributed by atoms with Crippen LogP contribution in [-0.2, 0) is 11.3 Å². The van der Waals surface area contributed by atoms with Crippen LogP contribution in [0.5, 0.6) is 5.75 Å². The molecule has 1 aliphatic rings. The Morgan fingerprint density at radius 2 is 2.21 bits per heavy atom. The van der Waals surface area contributed by atoms with Crippen LogP contribution in [0.1, 0.15) is 5.56 Å². The SMILES string of the molecule is COc1ccc(CN(C)CC2(CN)COC2)cc1F. The Bertz CT molecular complexity index is 430. The number of ether oxygens (including phenoxy) is 2. The smallest absolute Gasteiger partial charge is 0.165 e. The molecule has 0 bridgehead atoms. The Morgan fingerprint density at radius 1 is 1.47 bits per heavy atom. The molecular weight excluding hydrogens is 247 g/mol. The van der Waals surface area contributed by atoms with Gasteiger partial charge in [-0.25, -0.2) is 4.39 Å². The maximum atomic E-state index is 13.6. The summed E-state index contributed by atoms with van der Waals surface area (Å²) in [6.45, 7) is 3.59. The maximum Gasteiger partial charge on any atom is 0.165 e. The van der Waals surface area contributed by atoms with E-state index in [1.807, 2.05) is 13.1 Å². The van der Waals surface area contributed by atoms with E-state index in [1.165, 1.54) is 13.2 Å². The molecule has 0 radical (unpaired) electrons. The fourth-order valence-electron chi connectivity index (χ4n) is 2.41. The summed E-state index contributed by atoms with van der Waals surface area (Å²) in [5.41, 5.74) is 6.78. The van der Waals surface area contributed by atoms with Gasteiger partial charge in [0.05, 0.1) is 20.3 Å². The third-order valence-corrected chi connectivity index (χ3v) is 3.52. The van der Waals surface area contributed by atoms with Crippen LogP contribution in [0.25, 0.3) is 0 Å². The zero-order valence-electron chi connectivity index (χ0n) is 11.5. The van der Waals surface area contributed by atoms with Gasteiger partial charge in [0.2, 0.25) is 0 Å². The molecule has 0 aromatic heterocycles. The van der Waals surface area contributed by atoms with E-state index < -0.39 is 0 Å². The minimum absolute atomic E-state index is 0.0692. The molecule has 0 spiro atoms. The van der Waals surface area contributed by atoms with Gasteiger partial charge in [0.15, 0.2) is 11.6 Å². The third-order valence-electron chi connectivity index (χ3n) is 3.52. The van der Waals surface area contributed by atoms with Crippen LogP contribution in [0.15, 0.2) is 18.2 Å². The van der Waals surface area contributed by atoms with E-state index in [0.717, 1.165) is 12.1 Å². The first-order chi connectivity index (χ1) is 9.08. The summed E-state index contributed by atoms with van der Waals surface area (Å²) in [4.78, 5) is 2.15. The second-order valence-corrected chi connectivity index (χ2v) is 5.34. The topological polar surface area (TPSA) is 47.7 Å². The Balaban J connectivity index is 1.95. The number of nitrogens with two attached hydrogens (primary N) is 1. The van der Waals surface area contributed by atoms with Crippen molar-refractivity contribution in [2.75, 3.05) is 40.5 Å². The zero-order chi connectivity index (χ0) is 13.9. The summed E-state index contributed by atoms with van der Waals surface area (Å²) >= 11 is 0.